The van der Waals surface area contributed by atoms with Crippen LogP contribution < -0.4 is 4.74 Å². The molecule has 20 heavy (non-hydrogen) atoms. The Hall–Kier alpha value is -2.75. The Morgan fingerprint density at radius 2 is 2.00 bits per heavy atom. The number of pyridine rings is 2. The number of aromatic nitrogens is 2. The van der Waals surface area contributed by atoms with E-state index in [-0.39, 0.29) is 0 Å². The van der Waals surface area contributed by atoms with Crippen molar-refractivity contribution >= 4 is 17.2 Å². The van der Waals surface area contributed by atoms with Crippen molar-refractivity contribution in [1.82, 2.24) is 9.97 Å². The average molecular weight is 264 g/mol. The summed E-state index contributed by atoms with van der Waals surface area (Å²) in [6, 6.07) is 13.0. The van der Waals surface area contributed by atoms with Crippen molar-refractivity contribution in [1.29, 1.82) is 0 Å². The first-order chi connectivity index (χ1) is 9.78. The van der Waals surface area contributed by atoms with E-state index in [0.717, 1.165) is 22.9 Å². The van der Waals surface area contributed by atoms with Gasteiger partial charge in [0.15, 0.2) is 12.0 Å². The van der Waals surface area contributed by atoms with Crippen molar-refractivity contribution in [2.24, 2.45) is 0 Å². The first kappa shape index (κ1) is 12.3. The van der Waals surface area contributed by atoms with Crippen LogP contribution in [0.5, 0.6) is 11.6 Å². The monoisotopic (exact) mass is 264 g/mol. The smallest absolute Gasteiger partial charge is 0.230 e. The molecule has 0 atom stereocenters. The van der Waals surface area contributed by atoms with E-state index in [1.165, 1.54) is 0 Å². The van der Waals surface area contributed by atoms with Crippen molar-refractivity contribution in [3.63, 3.8) is 0 Å². The van der Waals surface area contributed by atoms with Crippen LogP contribution in [-0.4, -0.2) is 16.3 Å². The van der Waals surface area contributed by atoms with Gasteiger partial charge >= 0.3 is 0 Å². The number of carbonyl (C=O) groups excluding carboxylic acids is 1. The first-order valence-electron chi connectivity index (χ1n) is 6.22. The Labute approximate surface area is 116 Å². The second kappa shape index (κ2) is 5.09. The molecule has 98 valence electrons. The average Bonchev–Trinajstić information content (AvgIpc) is 2.49. The van der Waals surface area contributed by atoms with E-state index in [4.69, 9.17) is 4.74 Å². The molecule has 2 heterocycles. The van der Waals surface area contributed by atoms with Gasteiger partial charge in [0.2, 0.25) is 5.88 Å². The predicted octanol–water partition coefficient (Wildman–Crippen LogP) is 3.54. The molecule has 0 radical (unpaired) electrons. The van der Waals surface area contributed by atoms with Crippen LogP contribution in [0.2, 0.25) is 0 Å². The lowest BCUT2D eigenvalue weighted by Gasteiger charge is -2.09. The Bertz CT molecular complexity index is 784. The highest BCUT2D eigenvalue weighted by atomic mass is 16.5. The fraction of sp³-hybridized carbons (Fsp3) is 0.0625. The predicted molar refractivity (Wildman–Crippen MR) is 76.2 cm³/mol. The quantitative estimate of drug-likeness (QED) is 0.679. The third-order valence-electron chi connectivity index (χ3n) is 3.01. The number of para-hydroxylation sites is 1. The van der Waals surface area contributed by atoms with E-state index in [1.54, 1.807) is 24.4 Å². The third-order valence-corrected chi connectivity index (χ3v) is 3.01. The fourth-order valence-corrected chi connectivity index (χ4v) is 1.96. The Morgan fingerprint density at radius 1 is 1.15 bits per heavy atom. The normalized spacial score (nSPS) is 10.4. The molecular formula is C16H12N2O2. The van der Waals surface area contributed by atoms with Crippen molar-refractivity contribution < 1.29 is 9.53 Å². The minimum atomic E-state index is 0.301. The number of hydrogen-bond donors (Lipinski definition) is 0. The summed E-state index contributed by atoms with van der Waals surface area (Å²) in [4.78, 5) is 19.8. The molecule has 0 saturated heterocycles. The lowest BCUT2D eigenvalue weighted by Crippen LogP contribution is -1.97. The molecule has 4 nitrogen and oxygen atoms in total. The zero-order chi connectivity index (χ0) is 13.9. The fourth-order valence-electron chi connectivity index (χ4n) is 1.96. The number of hydrogen-bond acceptors (Lipinski definition) is 4. The summed E-state index contributed by atoms with van der Waals surface area (Å²) < 4.78 is 5.73. The summed E-state index contributed by atoms with van der Waals surface area (Å²) >= 11 is 0. The van der Waals surface area contributed by atoms with Crippen molar-refractivity contribution in [2.75, 3.05) is 0 Å². The summed E-state index contributed by atoms with van der Waals surface area (Å²) in [6.07, 6.45) is 2.44. The van der Waals surface area contributed by atoms with Crippen LogP contribution in [0.15, 0.2) is 48.7 Å². The Morgan fingerprint density at radius 3 is 2.80 bits per heavy atom. The molecule has 0 aliphatic rings. The molecular weight excluding hydrogens is 252 g/mol. The summed E-state index contributed by atoms with van der Waals surface area (Å²) in [5.41, 5.74) is 1.96. The first-order valence-corrected chi connectivity index (χ1v) is 6.22. The second-order valence-electron chi connectivity index (χ2n) is 4.38. The lowest BCUT2D eigenvalue weighted by atomic mass is 10.1. The number of ether oxygens (including phenoxy) is 1. The van der Waals surface area contributed by atoms with E-state index in [9.17, 15) is 4.79 Å². The molecule has 0 spiro atoms. The number of nitrogens with zero attached hydrogens (tertiary/aromatic N) is 2. The van der Waals surface area contributed by atoms with Crippen LogP contribution >= 0.6 is 0 Å². The summed E-state index contributed by atoms with van der Waals surface area (Å²) in [5.74, 6) is 0.896. The molecule has 2 aromatic heterocycles. The molecule has 0 N–H and O–H groups in total. The Balaban J connectivity index is 2.10. The van der Waals surface area contributed by atoms with Gasteiger partial charge in [-0.2, -0.15) is 0 Å². The molecule has 3 rings (SSSR count). The summed E-state index contributed by atoms with van der Waals surface area (Å²) in [7, 11) is 0. The van der Waals surface area contributed by atoms with Gasteiger partial charge < -0.3 is 4.74 Å². The second-order valence-corrected chi connectivity index (χ2v) is 4.38. The molecule has 0 unspecified atom stereocenters. The van der Waals surface area contributed by atoms with E-state index < -0.39 is 0 Å². The van der Waals surface area contributed by atoms with Crippen molar-refractivity contribution in [3.05, 3.63) is 59.9 Å². The van der Waals surface area contributed by atoms with E-state index in [0.29, 0.717) is 17.2 Å². The van der Waals surface area contributed by atoms with E-state index >= 15 is 0 Å². The molecule has 4 heteroatoms. The minimum absolute atomic E-state index is 0.301. The highest BCUT2D eigenvalue weighted by Crippen LogP contribution is 2.27. The molecule has 0 aliphatic carbocycles. The summed E-state index contributed by atoms with van der Waals surface area (Å²) in [6.45, 7) is 1.84. The molecule has 0 bridgehead atoms. The van der Waals surface area contributed by atoms with Gasteiger partial charge in [0.25, 0.3) is 0 Å². The van der Waals surface area contributed by atoms with Gasteiger partial charge in [0.1, 0.15) is 0 Å². The Kier molecular flexibility index (Phi) is 3.13. The zero-order valence-electron chi connectivity index (χ0n) is 10.9. The maximum absolute atomic E-state index is 11.2. The third kappa shape index (κ3) is 2.23. The van der Waals surface area contributed by atoms with Crippen LogP contribution in [0, 0.1) is 6.92 Å². The molecule has 0 saturated carbocycles. The largest absolute Gasteiger partial charge is 0.436 e. The van der Waals surface area contributed by atoms with Crippen LogP contribution in [0.1, 0.15) is 16.1 Å². The molecule has 3 aromatic rings. The number of benzene rings is 1. The maximum atomic E-state index is 11.2. The van der Waals surface area contributed by atoms with Gasteiger partial charge in [-0.3, -0.25) is 9.78 Å². The standard InChI is InChI=1S/C16H12N2O2/c1-11-15(7-4-8-17-11)20-16-13(10-19)9-12-5-2-3-6-14(12)18-16/h2-10H,1H3. The molecule has 0 aliphatic heterocycles. The SMILES string of the molecule is Cc1ncccc1Oc1nc2ccccc2cc1C=O. The lowest BCUT2D eigenvalue weighted by molar-refractivity contribution is 0.112. The van der Waals surface area contributed by atoms with Crippen LogP contribution in [-0.2, 0) is 0 Å². The van der Waals surface area contributed by atoms with Gasteiger partial charge in [-0.1, -0.05) is 18.2 Å². The minimum Gasteiger partial charge on any atom is -0.436 e. The molecule has 0 fully saturated rings. The highest BCUT2D eigenvalue weighted by molar-refractivity contribution is 5.88. The summed E-state index contributed by atoms with van der Waals surface area (Å²) in [5, 5.41) is 0.907. The van der Waals surface area contributed by atoms with Gasteiger partial charge in [-0.15, -0.1) is 0 Å². The van der Waals surface area contributed by atoms with Crippen molar-refractivity contribution in [3.8, 4) is 11.6 Å². The highest BCUT2D eigenvalue weighted by Gasteiger charge is 2.10. The number of aryl methyl sites for hydroxylation is 1. The van der Waals surface area contributed by atoms with Gasteiger partial charge in [-0.25, -0.2) is 4.98 Å². The number of rotatable bonds is 3. The van der Waals surface area contributed by atoms with Gasteiger partial charge in [0.05, 0.1) is 16.8 Å². The van der Waals surface area contributed by atoms with Crippen LogP contribution in [0.4, 0.5) is 0 Å². The van der Waals surface area contributed by atoms with E-state index in [1.807, 2.05) is 31.2 Å². The van der Waals surface area contributed by atoms with Crippen LogP contribution in [0.3, 0.4) is 0 Å². The zero-order valence-corrected chi connectivity index (χ0v) is 10.9. The number of carbonyl (C=O) groups is 1. The maximum Gasteiger partial charge on any atom is 0.230 e. The van der Waals surface area contributed by atoms with Crippen molar-refractivity contribution in [2.45, 2.75) is 6.92 Å². The topological polar surface area (TPSA) is 52.1 Å². The van der Waals surface area contributed by atoms with E-state index in [2.05, 4.69) is 9.97 Å². The van der Waals surface area contributed by atoms with Crippen LogP contribution in [0.25, 0.3) is 10.9 Å². The van der Waals surface area contributed by atoms with Gasteiger partial charge in [0, 0.05) is 11.6 Å². The molecule has 1 aromatic carbocycles. The van der Waals surface area contributed by atoms with Gasteiger partial charge in [-0.05, 0) is 31.2 Å². The number of fused-ring (bicyclic) bond motifs is 1. The number of aldehydes is 1. The molecule has 0 amide bonds.